The number of benzene rings is 1. The van der Waals surface area contributed by atoms with Crippen molar-refractivity contribution in [2.24, 2.45) is 5.41 Å². The minimum Gasteiger partial charge on any atom is -0.354 e. The first kappa shape index (κ1) is 18.7. The van der Waals surface area contributed by atoms with Gasteiger partial charge in [0, 0.05) is 30.1 Å². The fraction of sp³-hybridized carbons (Fsp3) is 0.381. The van der Waals surface area contributed by atoms with Gasteiger partial charge >= 0.3 is 0 Å². The molecule has 7 heteroatoms. The molecular weight excluding hydrogens is 374 g/mol. The van der Waals surface area contributed by atoms with E-state index in [9.17, 15) is 14.4 Å². The Balaban J connectivity index is 1.34. The summed E-state index contributed by atoms with van der Waals surface area (Å²) in [5.41, 5.74) is -0.0268. The average molecular weight is 398 g/mol. The van der Waals surface area contributed by atoms with Crippen LogP contribution < -0.4 is 10.6 Å². The highest BCUT2D eigenvalue weighted by molar-refractivity contribution is 7.09. The molecule has 3 amide bonds. The number of nitrogens with one attached hydrogen (secondary N) is 2. The lowest BCUT2D eigenvalue weighted by molar-refractivity contribution is -0.128. The van der Waals surface area contributed by atoms with Gasteiger partial charge in [-0.2, -0.15) is 0 Å². The van der Waals surface area contributed by atoms with Crippen LogP contribution in [0.4, 0.5) is 0 Å². The van der Waals surface area contributed by atoms with E-state index in [0.717, 1.165) is 6.42 Å². The van der Waals surface area contributed by atoms with Gasteiger partial charge in [0.25, 0.3) is 5.91 Å². The number of nitrogens with zero attached hydrogens (tertiary/aromatic N) is 1. The van der Waals surface area contributed by atoms with E-state index in [2.05, 4.69) is 10.6 Å². The van der Waals surface area contributed by atoms with Crippen LogP contribution in [0.3, 0.4) is 0 Å². The molecule has 2 saturated heterocycles. The van der Waals surface area contributed by atoms with Crippen LogP contribution in [-0.4, -0.2) is 48.3 Å². The highest BCUT2D eigenvalue weighted by atomic mass is 32.1. The number of hydrogen-bond donors (Lipinski definition) is 2. The van der Waals surface area contributed by atoms with Gasteiger partial charge in [-0.15, -0.1) is 11.3 Å². The second-order valence-electron chi connectivity index (χ2n) is 7.47. The van der Waals surface area contributed by atoms with E-state index in [-0.39, 0.29) is 17.7 Å². The normalized spacial score (nSPS) is 23.8. The summed E-state index contributed by atoms with van der Waals surface area (Å²) in [5, 5.41) is 7.78. The predicted octanol–water partition coefficient (Wildman–Crippen LogP) is 1.83. The lowest BCUT2D eigenvalue weighted by Crippen LogP contribution is -2.42. The molecule has 0 bridgehead atoms. The largest absolute Gasteiger partial charge is 0.354 e. The monoisotopic (exact) mass is 397 g/mol. The van der Waals surface area contributed by atoms with E-state index in [1.165, 1.54) is 4.88 Å². The second-order valence-corrected chi connectivity index (χ2v) is 8.51. The zero-order valence-electron chi connectivity index (χ0n) is 15.5. The molecule has 2 aliphatic heterocycles. The molecule has 6 nitrogen and oxygen atoms in total. The summed E-state index contributed by atoms with van der Waals surface area (Å²) in [7, 11) is 0. The van der Waals surface area contributed by atoms with E-state index >= 15 is 0 Å². The summed E-state index contributed by atoms with van der Waals surface area (Å²) in [6.45, 7) is 1.46. The van der Waals surface area contributed by atoms with Crippen molar-refractivity contribution in [3.05, 3.63) is 58.3 Å². The summed E-state index contributed by atoms with van der Waals surface area (Å²) < 4.78 is 0. The summed E-state index contributed by atoms with van der Waals surface area (Å²) in [5.74, 6) is -0.321. The molecule has 2 aliphatic rings. The maximum Gasteiger partial charge on any atom is 0.253 e. The van der Waals surface area contributed by atoms with Crippen LogP contribution in [0.15, 0.2) is 47.8 Å². The average Bonchev–Trinajstić information content (AvgIpc) is 3.44. The fourth-order valence-corrected chi connectivity index (χ4v) is 4.76. The number of carbonyl (C=O) groups excluding carboxylic acids is 3. The molecule has 0 aliphatic carbocycles. The minimum absolute atomic E-state index is 0.0610. The number of likely N-dealkylation sites (tertiary alicyclic amines) is 1. The highest BCUT2D eigenvalue weighted by Crippen LogP contribution is 2.40. The van der Waals surface area contributed by atoms with Crippen LogP contribution >= 0.6 is 11.3 Å². The molecule has 4 rings (SSSR count). The smallest absolute Gasteiger partial charge is 0.253 e. The van der Waals surface area contributed by atoms with Crippen molar-refractivity contribution in [3.8, 4) is 0 Å². The van der Waals surface area contributed by atoms with Gasteiger partial charge in [0.05, 0.1) is 5.41 Å². The number of rotatable bonds is 5. The summed E-state index contributed by atoms with van der Waals surface area (Å²) in [6, 6.07) is 12.6. The standard InChI is InChI=1S/C21H23N3O3S/c25-18(22-10-8-16-7-4-12-28-16)17-13-21(20(27)23-17)9-11-24(14-21)19(26)15-5-2-1-3-6-15/h1-7,12,17H,8-11,13-14H2,(H,22,25)(H,23,27)/t17-,21+/m0/s1. The van der Waals surface area contributed by atoms with Crippen LogP contribution in [0, 0.1) is 5.41 Å². The van der Waals surface area contributed by atoms with Gasteiger partial charge in [-0.3, -0.25) is 14.4 Å². The Labute approximate surface area is 167 Å². The van der Waals surface area contributed by atoms with Crippen molar-refractivity contribution >= 4 is 29.1 Å². The molecule has 2 aromatic rings. The van der Waals surface area contributed by atoms with Crippen LogP contribution in [0.25, 0.3) is 0 Å². The van der Waals surface area contributed by atoms with Crippen molar-refractivity contribution in [2.45, 2.75) is 25.3 Å². The van der Waals surface area contributed by atoms with Gasteiger partial charge in [-0.1, -0.05) is 24.3 Å². The zero-order chi connectivity index (χ0) is 19.6. The Morgan fingerprint density at radius 3 is 2.79 bits per heavy atom. The molecule has 2 N–H and O–H groups in total. The van der Waals surface area contributed by atoms with E-state index in [1.54, 1.807) is 28.4 Å². The number of amides is 3. The van der Waals surface area contributed by atoms with Gasteiger partial charge < -0.3 is 15.5 Å². The molecule has 1 spiro atoms. The van der Waals surface area contributed by atoms with Gasteiger partial charge in [-0.25, -0.2) is 0 Å². The van der Waals surface area contributed by atoms with Crippen molar-refractivity contribution in [2.75, 3.05) is 19.6 Å². The third kappa shape index (κ3) is 3.67. The molecule has 0 radical (unpaired) electrons. The van der Waals surface area contributed by atoms with Crippen LogP contribution in [0.2, 0.25) is 0 Å². The summed E-state index contributed by atoms with van der Waals surface area (Å²) >= 11 is 1.67. The van der Waals surface area contributed by atoms with E-state index < -0.39 is 11.5 Å². The van der Waals surface area contributed by atoms with Gasteiger partial charge in [-0.05, 0) is 42.8 Å². The summed E-state index contributed by atoms with van der Waals surface area (Å²) in [4.78, 5) is 40.8. The molecule has 2 fully saturated rings. The molecule has 1 aromatic carbocycles. The quantitative estimate of drug-likeness (QED) is 0.808. The molecule has 0 unspecified atom stereocenters. The SMILES string of the molecule is O=C(NCCc1cccs1)[C@@H]1C[C@@]2(CCN(C(=O)c3ccccc3)C2)C(=O)N1. The Morgan fingerprint density at radius 1 is 1.21 bits per heavy atom. The van der Waals surface area contributed by atoms with Crippen LogP contribution in [-0.2, 0) is 16.0 Å². The second kappa shape index (κ2) is 7.75. The van der Waals surface area contributed by atoms with Crippen molar-refractivity contribution in [1.82, 2.24) is 15.5 Å². The maximum atomic E-state index is 12.7. The zero-order valence-corrected chi connectivity index (χ0v) is 16.3. The highest BCUT2D eigenvalue weighted by Gasteiger charge is 2.53. The van der Waals surface area contributed by atoms with Gasteiger partial charge in [0.2, 0.25) is 11.8 Å². The third-order valence-corrected chi connectivity index (χ3v) is 6.55. The molecular formula is C21H23N3O3S. The van der Waals surface area contributed by atoms with Crippen LogP contribution in [0.1, 0.15) is 28.1 Å². The van der Waals surface area contributed by atoms with E-state index in [1.807, 2.05) is 35.7 Å². The molecule has 1 aromatic heterocycles. The van der Waals surface area contributed by atoms with Gasteiger partial charge in [0.1, 0.15) is 6.04 Å². The lowest BCUT2D eigenvalue weighted by atomic mass is 9.84. The van der Waals surface area contributed by atoms with Gasteiger partial charge in [0.15, 0.2) is 0 Å². The Kier molecular flexibility index (Phi) is 5.17. The number of carbonyl (C=O) groups is 3. The topological polar surface area (TPSA) is 78.5 Å². The maximum absolute atomic E-state index is 12.7. The minimum atomic E-state index is -0.653. The number of hydrogen-bond acceptors (Lipinski definition) is 4. The first-order valence-electron chi connectivity index (χ1n) is 9.53. The summed E-state index contributed by atoms with van der Waals surface area (Å²) in [6.07, 6.45) is 1.82. The molecule has 28 heavy (non-hydrogen) atoms. The molecule has 3 heterocycles. The lowest BCUT2D eigenvalue weighted by Gasteiger charge is -2.21. The van der Waals surface area contributed by atoms with Crippen LogP contribution in [0.5, 0.6) is 0 Å². The third-order valence-electron chi connectivity index (χ3n) is 5.61. The van der Waals surface area contributed by atoms with Crippen molar-refractivity contribution in [1.29, 1.82) is 0 Å². The first-order chi connectivity index (χ1) is 13.6. The Morgan fingerprint density at radius 2 is 2.04 bits per heavy atom. The molecule has 146 valence electrons. The van der Waals surface area contributed by atoms with Crippen molar-refractivity contribution in [3.63, 3.8) is 0 Å². The van der Waals surface area contributed by atoms with E-state index in [4.69, 9.17) is 0 Å². The number of thiophene rings is 1. The van der Waals surface area contributed by atoms with Crippen molar-refractivity contribution < 1.29 is 14.4 Å². The molecule has 0 saturated carbocycles. The fourth-order valence-electron chi connectivity index (χ4n) is 4.05. The Hall–Kier alpha value is -2.67. The predicted molar refractivity (Wildman–Crippen MR) is 107 cm³/mol. The Bertz CT molecular complexity index is 868. The first-order valence-corrected chi connectivity index (χ1v) is 10.4. The van der Waals surface area contributed by atoms with E-state index in [0.29, 0.717) is 38.0 Å². The molecule has 2 atom stereocenters.